The molecule has 2 aromatic rings. The SMILES string of the molecule is CC1(C)OB(c2cnc(-c3ccc4c(c3)C(C)(C)C(C)(C)C4(C)C)cc2C(F)(F)F)OC1(C)C. The quantitative estimate of drug-likeness (QED) is 0.457. The number of hydrogen-bond donors (Lipinski definition) is 0. The number of aromatic nitrogens is 1. The Labute approximate surface area is 201 Å². The average molecular weight is 473 g/mol. The third-order valence-electron chi connectivity index (χ3n) is 9.53. The number of hydrogen-bond acceptors (Lipinski definition) is 3. The third-order valence-corrected chi connectivity index (χ3v) is 9.53. The number of fused-ring (bicyclic) bond motifs is 1. The number of pyridine rings is 1. The lowest BCUT2D eigenvalue weighted by molar-refractivity contribution is -0.136. The number of halogens is 3. The van der Waals surface area contributed by atoms with Gasteiger partial charge in [0.1, 0.15) is 0 Å². The van der Waals surface area contributed by atoms with Crippen LogP contribution in [0.1, 0.15) is 85.9 Å². The van der Waals surface area contributed by atoms with Gasteiger partial charge in [0.15, 0.2) is 0 Å². The third kappa shape index (κ3) is 3.37. The van der Waals surface area contributed by atoms with Crippen molar-refractivity contribution in [2.45, 2.75) is 97.4 Å². The topological polar surface area (TPSA) is 31.4 Å². The van der Waals surface area contributed by atoms with Crippen LogP contribution in [0.25, 0.3) is 11.3 Å². The van der Waals surface area contributed by atoms with E-state index < -0.39 is 30.1 Å². The Balaban J connectivity index is 1.82. The van der Waals surface area contributed by atoms with Crippen LogP contribution in [-0.2, 0) is 26.3 Å². The molecule has 34 heavy (non-hydrogen) atoms. The highest BCUT2D eigenvalue weighted by Crippen LogP contribution is 2.61. The van der Waals surface area contributed by atoms with E-state index in [2.05, 4.69) is 52.6 Å². The molecule has 0 radical (unpaired) electrons. The maximum atomic E-state index is 14.2. The van der Waals surface area contributed by atoms with Gasteiger partial charge in [-0.3, -0.25) is 4.98 Å². The van der Waals surface area contributed by atoms with Crippen LogP contribution < -0.4 is 5.46 Å². The molecule has 0 saturated carbocycles. The van der Waals surface area contributed by atoms with Crippen molar-refractivity contribution >= 4 is 12.6 Å². The van der Waals surface area contributed by atoms with Gasteiger partial charge in [0.05, 0.1) is 22.5 Å². The van der Waals surface area contributed by atoms with Crippen molar-refractivity contribution < 1.29 is 22.5 Å². The predicted octanol–water partition coefficient (Wildman–Crippen LogP) is 6.66. The van der Waals surface area contributed by atoms with Crippen LogP contribution in [0.5, 0.6) is 0 Å². The van der Waals surface area contributed by atoms with Crippen LogP contribution >= 0.6 is 0 Å². The van der Waals surface area contributed by atoms with Crippen LogP contribution in [0.15, 0.2) is 30.5 Å². The molecule has 1 aromatic carbocycles. The molecule has 7 heteroatoms. The first kappa shape index (κ1) is 25.2. The molecule has 1 aromatic heterocycles. The fourth-order valence-electron chi connectivity index (χ4n) is 5.25. The number of nitrogens with zero attached hydrogens (tertiary/aromatic N) is 1. The lowest BCUT2D eigenvalue weighted by Crippen LogP contribution is -2.42. The maximum absolute atomic E-state index is 14.2. The summed E-state index contributed by atoms with van der Waals surface area (Å²) in [5.41, 5.74) is 0.713. The summed E-state index contributed by atoms with van der Waals surface area (Å²) in [7, 11) is -1.14. The molecular formula is C27H35BF3NO2. The van der Waals surface area contributed by atoms with E-state index in [9.17, 15) is 13.2 Å². The Hall–Kier alpha value is -1.86. The predicted molar refractivity (Wildman–Crippen MR) is 130 cm³/mol. The molecule has 0 amide bonds. The van der Waals surface area contributed by atoms with Gasteiger partial charge in [-0.15, -0.1) is 0 Å². The number of rotatable bonds is 2. The minimum Gasteiger partial charge on any atom is -0.399 e. The minimum atomic E-state index is -4.57. The van der Waals surface area contributed by atoms with Gasteiger partial charge in [0, 0.05) is 17.2 Å². The largest absolute Gasteiger partial charge is 0.497 e. The van der Waals surface area contributed by atoms with Crippen molar-refractivity contribution in [1.29, 1.82) is 0 Å². The highest BCUT2D eigenvalue weighted by molar-refractivity contribution is 6.62. The Morgan fingerprint density at radius 3 is 1.82 bits per heavy atom. The molecule has 2 heterocycles. The van der Waals surface area contributed by atoms with Crippen LogP contribution in [-0.4, -0.2) is 23.3 Å². The van der Waals surface area contributed by atoms with Crippen LogP contribution in [0.4, 0.5) is 13.2 Å². The Morgan fingerprint density at radius 2 is 1.29 bits per heavy atom. The fourth-order valence-corrected chi connectivity index (χ4v) is 5.25. The standard InChI is InChI=1S/C27H35BF3NO2/c1-22(2)17-12-11-16(13-18(17)23(3,4)24(22,5)6)21-14-19(27(29,30)31)20(15-32-21)28-33-25(7,8)26(9,10)34-28/h11-15H,1-10H3. The lowest BCUT2D eigenvalue weighted by atomic mass is 9.59. The highest BCUT2D eigenvalue weighted by atomic mass is 19.4. The molecule has 3 nitrogen and oxygen atoms in total. The Kier molecular flexibility index (Phi) is 5.27. The molecular weight excluding hydrogens is 438 g/mol. The van der Waals surface area contributed by atoms with Crippen LogP contribution in [0, 0.1) is 5.41 Å². The Morgan fingerprint density at radius 1 is 0.765 bits per heavy atom. The fraction of sp³-hybridized carbons (Fsp3) is 0.593. The molecule has 1 fully saturated rings. The van der Waals surface area contributed by atoms with E-state index in [0.29, 0.717) is 5.56 Å². The van der Waals surface area contributed by atoms with Crippen molar-refractivity contribution in [1.82, 2.24) is 4.98 Å². The Bertz CT molecular complexity index is 1130. The first-order chi connectivity index (χ1) is 15.2. The summed E-state index contributed by atoms with van der Waals surface area (Å²) in [6, 6.07) is 7.08. The van der Waals surface area contributed by atoms with Gasteiger partial charge in [0.25, 0.3) is 0 Å². The van der Waals surface area contributed by atoms with E-state index >= 15 is 0 Å². The van der Waals surface area contributed by atoms with Crippen LogP contribution in [0.3, 0.4) is 0 Å². The molecule has 1 saturated heterocycles. The van der Waals surface area contributed by atoms with Gasteiger partial charge >= 0.3 is 13.3 Å². The number of benzene rings is 1. The average Bonchev–Trinajstić information content (AvgIpc) is 2.98. The van der Waals surface area contributed by atoms with E-state index in [4.69, 9.17) is 9.31 Å². The zero-order valence-corrected chi connectivity index (χ0v) is 21.9. The molecule has 4 rings (SSSR count). The lowest BCUT2D eigenvalue weighted by Gasteiger charge is -2.44. The normalized spacial score (nSPS) is 23.7. The molecule has 2 aliphatic rings. The van der Waals surface area contributed by atoms with Crippen LogP contribution in [0.2, 0.25) is 0 Å². The molecule has 0 unspecified atom stereocenters. The molecule has 184 valence electrons. The van der Waals surface area contributed by atoms with Gasteiger partial charge in [-0.2, -0.15) is 13.2 Å². The van der Waals surface area contributed by atoms with E-state index in [1.54, 1.807) is 0 Å². The molecule has 0 N–H and O–H groups in total. The smallest absolute Gasteiger partial charge is 0.399 e. The van der Waals surface area contributed by atoms with Crippen molar-refractivity contribution in [3.63, 3.8) is 0 Å². The zero-order valence-electron chi connectivity index (χ0n) is 21.9. The van der Waals surface area contributed by atoms with Crippen molar-refractivity contribution in [3.05, 3.63) is 47.2 Å². The first-order valence-electron chi connectivity index (χ1n) is 11.8. The van der Waals surface area contributed by atoms with Gasteiger partial charge in [-0.05, 0) is 67.2 Å². The molecule has 0 bridgehead atoms. The second kappa shape index (κ2) is 7.10. The first-order valence-corrected chi connectivity index (χ1v) is 11.8. The van der Waals surface area contributed by atoms with Gasteiger partial charge in [0.2, 0.25) is 0 Å². The van der Waals surface area contributed by atoms with Gasteiger partial charge in [-0.25, -0.2) is 0 Å². The van der Waals surface area contributed by atoms with E-state index in [1.165, 1.54) is 11.8 Å². The summed E-state index contributed by atoms with van der Waals surface area (Å²) in [4.78, 5) is 4.45. The molecule has 1 aliphatic heterocycles. The second-order valence-corrected chi connectivity index (χ2v) is 12.4. The van der Waals surface area contributed by atoms with Crippen molar-refractivity contribution in [2.24, 2.45) is 5.41 Å². The summed E-state index contributed by atoms with van der Waals surface area (Å²) >= 11 is 0. The zero-order chi connectivity index (χ0) is 25.7. The van der Waals surface area contributed by atoms with Crippen molar-refractivity contribution in [3.8, 4) is 11.3 Å². The second-order valence-electron chi connectivity index (χ2n) is 12.4. The summed E-state index contributed by atoms with van der Waals surface area (Å²) in [6.45, 7) is 20.7. The maximum Gasteiger partial charge on any atom is 0.497 e. The highest BCUT2D eigenvalue weighted by Gasteiger charge is 2.57. The van der Waals surface area contributed by atoms with E-state index in [1.807, 2.05) is 39.8 Å². The molecule has 0 spiro atoms. The van der Waals surface area contributed by atoms with Crippen molar-refractivity contribution in [2.75, 3.05) is 0 Å². The monoisotopic (exact) mass is 473 g/mol. The van der Waals surface area contributed by atoms with E-state index in [0.717, 1.165) is 11.6 Å². The summed E-state index contributed by atoms with van der Waals surface area (Å²) < 4.78 is 54.4. The van der Waals surface area contributed by atoms with E-state index in [-0.39, 0.29) is 27.4 Å². The molecule has 0 atom stereocenters. The number of alkyl halides is 3. The van der Waals surface area contributed by atoms with Gasteiger partial charge in [-0.1, -0.05) is 53.7 Å². The summed E-state index contributed by atoms with van der Waals surface area (Å²) in [5, 5.41) is 0. The molecule has 1 aliphatic carbocycles. The van der Waals surface area contributed by atoms with Gasteiger partial charge < -0.3 is 9.31 Å². The summed E-state index contributed by atoms with van der Waals surface area (Å²) in [5.74, 6) is 0. The summed E-state index contributed by atoms with van der Waals surface area (Å²) in [6.07, 6.45) is -3.32. The minimum absolute atomic E-state index is 0.0356.